The Labute approximate surface area is 249 Å². The number of benzene rings is 2. The molecule has 2 fully saturated rings. The summed E-state index contributed by atoms with van der Waals surface area (Å²) in [7, 11) is -4.30. The van der Waals surface area contributed by atoms with Gasteiger partial charge >= 0.3 is 0 Å². The highest BCUT2D eigenvalue weighted by molar-refractivity contribution is 7.91. The number of rotatable bonds is 9. The van der Waals surface area contributed by atoms with E-state index in [4.69, 9.17) is 4.74 Å². The molecule has 44 heavy (non-hydrogen) atoms. The monoisotopic (exact) mass is 632 g/mol. The van der Waals surface area contributed by atoms with E-state index < -0.39 is 56.0 Å². The van der Waals surface area contributed by atoms with E-state index in [2.05, 4.69) is 25.6 Å². The smallest absolute Gasteiger partial charge is 0.255 e. The quantitative estimate of drug-likeness (QED) is 0.164. The van der Waals surface area contributed by atoms with Crippen molar-refractivity contribution in [1.82, 2.24) is 20.3 Å². The van der Waals surface area contributed by atoms with Crippen molar-refractivity contribution in [1.29, 1.82) is 0 Å². The molecule has 1 saturated heterocycles. The van der Waals surface area contributed by atoms with Gasteiger partial charge in [-0.1, -0.05) is 30.3 Å². The van der Waals surface area contributed by atoms with Crippen LogP contribution in [0, 0.1) is 22.9 Å². The number of alkyl halides is 2. The van der Waals surface area contributed by atoms with Gasteiger partial charge in [0.25, 0.3) is 5.92 Å². The average Bonchev–Trinajstić information content (AvgIpc) is 3.51. The van der Waals surface area contributed by atoms with E-state index in [0.29, 0.717) is 18.2 Å². The number of piperidine rings is 1. The zero-order chi connectivity index (χ0) is 31.1. The van der Waals surface area contributed by atoms with Gasteiger partial charge in [-0.25, -0.2) is 40.9 Å². The second-order valence-electron chi connectivity index (χ2n) is 10.8. The topological polar surface area (TPSA) is 118 Å². The van der Waals surface area contributed by atoms with E-state index in [1.807, 2.05) is 0 Å². The van der Waals surface area contributed by atoms with E-state index in [-0.39, 0.29) is 48.5 Å². The third-order valence-corrected chi connectivity index (χ3v) is 8.76. The molecule has 0 amide bonds. The van der Waals surface area contributed by atoms with Gasteiger partial charge in [0.1, 0.15) is 5.69 Å². The molecular formula is C29H25F5N6O3S. The lowest BCUT2D eigenvalue weighted by atomic mass is 9.92. The van der Waals surface area contributed by atoms with Crippen LogP contribution in [0.1, 0.15) is 18.4 Å². The SMILES string of the molecule is O=S(=O)(Cc1ccccc1)Nc1c(F)cc(Oc2ncccc2-c2ccnc(NC3CNCC4(C3)CC4(F)F)n2)c(F)c1F. The summed E-state index contributed by atoms with van der Waals surface area (Å²) in [5.41, 5.74) is -1.47. The van der Waals surface area contributed by atoms with E-state index in [1.165, 1.54) is 42.7 Å². The van der Waals surface area contributed by atoms with Crippen LogP contribution in [0.5, 0.6) is 11.6 Å². The van der Waals surface area contributed by atoms with Crippen LogP contribution in [0.2, 0.25) is 0 Å². The summed E-state index contributed by atoms with van der Waals surface area (Å²) < 4.78 is 105. The van der Waals surface area contributed by atoms with Crippen molar-refractivity contribution in [3.8, 4) is 22.9 Å². The predicted molar refractivity (Wildman–Crippen MR) is 151 cm³/mol. The van der Waals surface area contributed by atoms with Gasteiger partial charge in [0, 0.05) is 44.0 Å². The molecule has 9 nitrogen and oxygen atoms in total. The Kier molecular flexibility index (Phi) is 7.61. The van der Waals surface area contributed by atoms with Crippen molar-refractivity contribution in [3.05, 3.63) is 90.0 Å². The van der Waals surface area contributed by atoms with Crippen LogP contribution in [-0.2, 0) is 15.8 Å². The molecule has 0 bridgehead atoms. The van der Waals surface area contributed by atoms with Crippen molar-refractivity contribution in [3.63, 3.8) is 0 Å². The maximum atomic E-state index is 15.1. The maximum Gasteiger partial charge on any atom is 0.255 e. The van der Waals surface area contributed by atoms with Gasteiger partial charge in [-0.15, -0.1) is 0 Å². The number of hydrogen-bond acceptors (Lipinski definition) is 8. The first-order chi connectivity index (χ1) is 21.0. The molecule has 1 spiro atoms. The number of nitrogens with one attached hydrogen (secondary N) is 3. The van der Waals surface area contributed by atoms with Crippen LogP contribution in [-0.4, -0.2) is 48.4 Å². The number of anilines is 2. The van der Waals surface area contributed by atoms with Crippen LogP contribution >= 0.6 is 0 Å². The number of hydrogen-bond donors (Lipinski definition) is 3. The number of pyridine rings is 1. The Bertz CT molecular complexity index is 1810. The zero-order valence-corrected chi connectivity index (χ0v) is 23.6. The molecule has 230 valence electrons. The molecule has 1 aliphatic heterocycles. The first-order valence-corrected chi connectivity index (χ1v) is 15.1. The molecule has 2 aromatic heterocycles. The maximum absolute atomic E-state index is 15.1. The van der Waals surface area contributed by atoms with Crippen molar-refractivity contribution in [2.45, 2.75) is 30.6 Å². The minimum Gasteiger partial charge on any atom is -0.435 e. The molecule has 4 aromatic rings. The lowest BCUT2D eigenvalue weighted by Crippen LogP contribution is -2.46. The van der Waals surface area contributed by atoms with Gasteiger partial charge in [-0.05, 0) is 30.2 Å². The standard InChI is InChI=1S/C29H25F5N6O3S/c30-20-11-22(23(31)24(32)25(20)40-44(41,42)14-17-5-2-1-3-6-17)43-26-19(7-4-9-36-26)21-8-10-37-27(39-21)38-18-12-28(16-35-13-18)15-29(28,33)34/h1-11,18,35,40H,12-16H2,(H,37,38,39). The molecule has 2 atom stereocenters. The van der Waals surface area contributed by atoms with Crippen LogP contribution in [0.3, 0.4) is 0 Å². The summed E-state index contributed by atoms with van der Waals surface area (Å²) in [4.78, 5) is 12.6. The van der Waals surface area contributed by atoms with Crippen molar-refractivity contribution < 1.29 is 35.1 Å². The van der Waals surface area contributed by atoms with Crippen molar-refractivity contribution in [2.75, 3.05) is 23.1 Å². The molecule has 2 aliphatic rings. The Morgan fingerprint density at radius 2 is 1.77 bits per heavy atom. The predicted octanol–water partition coefficient (Wildman–Crippen LogP) is 5.49. The Balaban J connectivity index is 1.21. The summed E-state index contributed by atoms with van der Waals surface area (Å²) in [5.74, 6) is -9.19. The molecule has 1 aliphatic carbocycles. The first-order valence-electron chi connectivity index (χ1n) is 13.5. The lowest BCUT2D eigenvalue weighted by molar-refractivity contribution is 0.0515. The van der Waals surface area contributed by atoms with Gasteiger partial charge in [0.15, 0.2) is 17.4 Å². The number of nitrogens with zero attached hydrogens (tertiary/aromatic N) is 3. The van der Waals surface area contributed by atoms with Crippen molar-refractivity contribution in [2.24, 2.45) is 5.41 Å². The van der Waals surface area contributed by atoms with Crippen LogP contribution < -0.4 is 20.1 Å². The lowest BCUT2D eigenvalue weighted by Gasteiger charge is -2.30. The fourth-order valence-corrected chi connectivity index (χ4v) is 6.46. The van der Waals surface area contributed by atoms with E-state index in [9.17, 15) is 26.0 Å². The van der Waals surface area contributed by atoms with E-state index >= 15 is 4.39 Å². The molecule has 0 radical (unpaired) electrons. The molecule has 2 unspecified atom stereocenters. The largest absolute Gasteiger partial charge is 0.435 e. The highest BCUT2D eigenvalue weighted by Crippen LogP contribution is 2.63. The highest BCUT2D eigenvalue weighted by Gasteiger charge is 2.71. The molecule has 2 aromatic carbocycles. The molecule has 15 heteroatoms. The van der Waals surface area contributed by atoms with Crippen LogP contribution in [0.15, 0.2) is 67.0 Å². The summed E-state index contributed by atoms with van der Waals surface area (Å²) >= 11 is 0. The fourth-order valence-electron chi connectivity index (χ4n) is 5.26. The number of aromatic nitrogens is 3. The first kappa shape index (κ1) is 29.7. The molecule has 6 rings (SSSR count). The zero-order valence-electron chi connectivity index (χ0n) is 22.8. The van der Waals surface area contributed by atoms with Gasteiger partial charge < -0.3 is 15.4 Å². The Morgan fingerprint density at radius 3 is 2.52 bits per heavy atom. The van der Waals surface area contributed by atoms with Gasteiger partial charge in [-0.3, -0.25) is 4.72 Å². The van der Waals surface area contributed by atoms with Gasteiger partial charge in [0.05, 0.1) is 22.4 Å². The van der Waals surface area contributed by atoms with Crippen LogP contribution in [0.4, 0.5) is 33.6 Å². The minimum atomic E-state index is -4.30. The minimum absolute atomic E-state index is 0.139. The van der Waals surface area contributed by atoms with E-state index in [0.717, 1.165) is 0 Å². The number of ether oxygens (including phenoxy) is 1. The third-order valence-electron chi connectivity index (χ3n) is 7.53. The van der Waals surface area contributed by atoms with Crippen LogP contribution in [0.25, 0.3) is 11.3 Å². The Morgan fingerprint density at radius 1 is 1.00 bits per heavy atom. The van der Waals surface area contributed by atoms with Gasteiger partial charge in [-0.2, -0.15) is 4.39 Å². The van der Waals surface area contributed by atoms with E-state index in [1.54, 1.807) is 22.9 Å². The molecule has 3 heterocycles. The third kappa shape index (κ3) is 6.01. The Hall–Kier alpha value is -4.37. The second-order valence-corrected chi connectivity index (χ2v) is 12.5. The van der Waals surface area contributed by atoms with Crippen molar-refractivity contribution >= 4 is 21.7 Å². The summed E-state index contributed by atoms with van der Waals surface area (Å²) in [5, 5.41) is 6.09. The van der Waals surface area contributed by atoms with Gasteiger partial charge in [0.2, 0.25) is 27.7 Å². The second kappa shape index (κ2) is 11.3. The fraction of sp³-hybridized carbons (Fsp3) is 0.276. The summed E-state index contributed by atoms with van der Waals surface area (Å²) in [6.07, 6.45) is 2.77. The number of halogens is 5. The number of sulfonamides is 1. The highest BCUT2D eigenvalue weighted by atomic mass is 32.2. The summed E-state index contributed by atoms with van der Waals surface area (Å²) in [6.45, 7) is 0.662. The normalized spacial score (nSPS) is 20.7. The summed E-state index contributed by atoms with van der Waals surface area (Å²) in [6, 6.07) is 12.6. The average molecular weight is 633 g/mol. The molecule has 3 N–H and O–H groups in total. The molecular weight excluding hydrogens is 607 g/mol. The molecule has 1 saturated carbocycles.